The first-order valence-electron chi connectivity index (χ1n) is 5.23. The predicted molar refractivity (Wildman–Crippen MR) is 59.5 cm³/mol. The third-order valence-electron chi connectivity index (χ3n) is 2.00. The SMILES string of the molecule is C#CCNC(CC(C)C)CC(C)C. The molecule has 13 heavy (non-hydrogen) atoms. The van der Waals surface area contributed by atoms with Gasteiger partial charge in [0, 0.05) is 6.04 Å². The fourth-order valence-electron chi connectivity index (χ4n) is 1.60. The molecular weight excluding hydrogens is 158 g/mol. The molecule has 0 aliphatic rings. The molecule has 0 aromatic heterocycles. The van der Waals surface area contributed by atoms with E-state index in [0.29, 0.717) is 12.6 Å². The largest absolute Gasteiger partial charge is 0.303 e. The van der Waals surface area contributed by atoms with Gasteiger partial charge in [0.1, 0.15) is 0 Å². The van der Waals surface area contributed by atoms with E-state index in [1.807, 2.05) is 0 Å². The average Bonchev–Trinajstić information content (AvgIpc) is 1.98. The van der Waals surface area contributed by atoms with Crippen molar-refractivity contribution in [2.45, 2.75) is 46.6 Å². The zero-order valence-electron chi connectivity index (χ0n) is 9.43. The van der Waals surface area contributed by atoms with Gasteiger partial charge < -0.3 is 5.32 Å². The standard InChI is InChI=1S/C12H23N/c1-6-7-13-12(8-10(2)3)9-11(4)5/h1,10-13H,7-9H2,2-5H3. The molecule has 0 aliphatic heterocycles. The molecule has 0 aromatic rings. The number of hydrogen-bond donors (Lipinski definition) is 1. The van der Waals surface area contributed by atoms with Gasteiger partial charge in [-0.3, -0.25) is 0 Å². The first kappa shape index (κ1) is 12.5. The molecule has 0 bridgehead atoms. The maximum atomic E-state index is 5.23. The van der Waals surface area contributed by atoms with Gasteiger partial charge in [0.15, 0.2) is 0 Å². The Morgan fingerprint density at radius 1 is 1.08 bits per heavy atom. The van der Waals surface area contributed by atoms with Crippen molar-refractivity contribution >= 4 is 0 Å². The lowest BCUT2D eigenvalue weighted by Gasteiger charge is -2.21. The Balaban J connectivity index is 3.81. The summed E-state index contributed by atoms with van der Waals surface area (Å²) >= 11 is 0. The molecule has 0 spiro atoms. The van der Waals surface area contributed by atoms with Crippen LogP contribution in [0, 0.1) is 24.2 Å². The Morgan fingerprint density at radius 2 is 1.54 bits per heavy atom. The Hall–Kier alpha value is -0.480. The molecule has 0 saturated heterocycles. The van der Waals surface area contributed by atoms with Gasteiger partial charge in [0.25, 0.3) is 0 Å². The van der Waals surface area contributed by atoms with Crippen molar-refractivity contribution < 1.29 is 0 Å². The highest BCUT2D eigenvalue weighted by Crippen LogP contribution is 2.12. The lowest BCUT2D eigenvalue weighted by atomic mass is 9.96. The molecule has 1 nitrogen and oxygen atoms in total. The molecule has 0 atom stereocenters. The summed E-state index contributed by atoms with van der Waals surface area (Å²) in [6, 6.07) is 0.594. The molecule has 76 valence electrons. The van der Waals surface area contributed by atoms with E-state index in [-0.39, 0.29) is 0 Å². The molecule has 1 heteroatoms. The minimum absolute atomic E-state index is 0.594. The Bertz CT molecular complexity index is 143. The lowest BCUT2D eigenvalue weighted by molar-refractivity contribution is 0.371. The minimum Gasteiger partial charge on any atom is -0.303 e. The maximum Gasteiger partial charge on any atom is 0.0575 e. The van der Waals surface area contributed by atoms with Crippen molar-refractivity contribution in [3.05, 3.63) is 0 Å². The van der Waals surface area contributed by atoms with Crippen molar-refractivity contribution in [2.24, 2.45) is 11.8 Å². The summed E-state index contributed by atoms with van der Waals surface area (Å²) in [4.78, 5) is 0. The van der Waals surface area contributed by atoms with Crippen LogP contribution in [0.25, 0.3) is 0 Å². The molecule has 0 saturated carbocycles. The second-order valence-electron chi connectivity index (χ2n) is 4.54. The highest BCUT2D eigenvalue weighted by molar-refractivity contribution is 4.88. The van der Waals surface area contributed by atoms with Crippen LogP contribution in [0.3, 0.4) is 0 Å². The monoisotopic (exact) mass is 181 g/mol. The molecular formula is C12H23N. The summed E-state index contributed by atoms with van der Waals surface area (Å²) in [6.07, 6.45) is 7.67. The van der Waals surface area contributed by atoms with Crippen molar-refractivity contribution in [1.29, 1.82) is 0 Å². The molecule has 0 heterocycles. The lowest BCUT2D eigenvalue weighted by Crippen LogP contribution is -2.32. The van der Waals surface area contributed by atoms with Crippen molar-refractivity contribution in [1.82, 2.24) is 5.32 Å². The Labute approximate surface area is 83.3 Å². The molecule has 0 radical (unpaired) electrons. The quantitative estimate of drug-likeness (QED) is 0.621. The number of terminal acetylenes is 1. The second kappa shape index (κ2) is 6.97. The summed E-state index contributed by atoms with van der Waals surface area (Å²) in [5.74, 6) is 4.12. The van der Waals surface area contributed by atoms with Gasteiger partial charge in [0.05, 0.1) is 6.54 Å². The van der Waals surface area contributed by atoms with E-state index in [1.165, 1.54) is 12.8 Å². The number of nitrogens with one attached hydrogen (secondary N) is 1. The minimum atomic E-state index is 0.594. The second-order valence-corrected chi connectivity index (χ2v) is 4.54. The van der Waals surface area contributed by atoms with Crippen LogP contribution in [0.5, 0.6) is 0 Å². The first-order valence-corrected chi connectivity index (χ1v) is 5.23. The van der Waals surface area contributed by atoms with E-state index >= 15 is 0 Å². The van der Waals surface area contributed by atoms with Crippen LogP contribution < -0.4 is 5.32 Å². The highest BCUT2D eigenvalue weighted by Gasteiger charge is 2.11. The van der Waals surface area contributed by atoms with Gasteiger partial charge in [-0.05, 0) is 24.7 Å². The molecule has 0 aliphatic carbocycles. The third kappa shape index (κ3) is 7.87. The molecule has 0 fully saturated rings. The summed E-state index contributed by atoms with van der Waals surface area (Å²) in [7, 11) is 0. The van der Waals surface area contributed by atoms with E-state index in [1.54, 1.807) is 0 Å². The van der Waals surface area contributed by atoms with E-state index in [2.05, 4.69) is 38.9 Å². The highest BCUT2D eigenvalue weighted by atomic mass is 14.9. The fraction of sp³-hybridized carbons (Fsp3) is 0.833. The zero-order chi connectivity index (χ0) is 10.3. The van der Waals surface area contributed by atoms with E-state index in [0.717, 1.165) is 11.8 Å². The van der Waals surface area contributed by atoms with Gasteiger partial charge >= 0.3 is 0 Å². The van der Waals surface area contributed by atoms with E-state index in [9.17, 15) is 0 Å². The van der Waals surface area contributed by atoms with Crippen LogP contribution in [0.15, 0.2) is 0 Å². The molecule has 0 rings (SSSR count). The number of hydrogen-bond acceptors (Lipinski definition) is 1. The van der Waals surface area contributed by atoms with Crippen molar-refractivity contribution in [3.63, 3.8) is 0 Å². The van der Waals surface area contributed by atoms with E-state index in [4.69, 9.17) is 6.42 Å². The first-order chi connectivity index (χ1) is 6.06. The smallest absolute Gasteiger partial charge is 0.0575 e. The fourth-order valence-corrected chi connectivity index (χ4v) is 1.60. The Morgan fingerprint density at radius 3 is 1.85 bits per heavy atom. The Kier molecular flexibility index (Phi) is 6.72. The number of rotatable bonds is 6. The average molecular weight is 181 g/mol. The molecule has 0 amide bonds. The van der Waals surface area contributed by atoms with Gasteiger partial charge in [-0.1, -0.05) is 33.6 Å². The normalized spacial score (nSPS) is 11.2. The van der Waals surface area contributed by atoms with Crippen LogP contribution in [-0.2, 0) is 0 Å². The molecule has 1 N–H and O–H groups in total. The van der Waals surface area contributed by atoms with Crippen LogP contribution in [0.1, 0.15) is 40.5 Å². The van der Waals surface area contributed by atoms with Crippen LogP contribution in [-0.4, -0.2) is 12.6 Å². The zero-order valence-corrected chi connectivity index (χ0v) is 9.43. The van der Waals surface area contributed by atoms with Gasteiger partial charge in [-0.2, -0.15) is 0 Å². The predicted octanol–water partition coefficient (Wildman–Crippen LogP) is 2.67. The summed E-state index contributed by atoms with van der Waals surface area (Å²) in [6.45, 7) is 9.72. The summed E-state index contributed by atoms with van der Waals surface area (Å²) < 4.78 is 0. The van der Waals surface area contributed by atoms with E-state index < -0.39 is 0 Å². The van der Waals surface area contributed by atoms with Gasteiger partial charge in [-0.25, -0.2) is 0 Å². The van der Waals surface area contributed by atoms with Crippen molar-refractivity contribution in [2.75, 3.05) is 6.54 Å². The van der Waals surface area contributed by atoms with Crippen LogP contribution in [0.2, 0.25) is 0 Å². The summed E-state index contributed by atoms with van der Waals surface area (Å²) in [5.41, 5.74) is 0. The topological polar surface area (TPSA) is 12.0 Å². The molecule has 0 aromatic carbocycles. The maximum absolute atomic E-state index is 5.23. The van der Waals surface area contributed by atoms with Gasteiger partial charge in [0.2, 0.25) is 0 Å². The van der Waals surface area contributed by atoms with Crippen LogP contribution >= 0.6 is 0 Å². The molecule has 0 unspecified atom stereocenters. The van der Waals surface area contributed by atoms with Crippen molar-refractivity contribution in [3.8, 4) is 12.3 Å². The van der Waals surface area contributed by atoms with Crippen LogP contribution in [0.4, 0.5) is 0 Å². The third-order valence-corrected chi connectivity index (χ3v) is 2.00. The van der Waals surface area contributed by atoms with Gasteiger partial charge in [-0.15, -0.1) is 6.42 Å². The summed E-state index contributed by atoms with van der Waals surface area (Å²) in [5, 5.41) is 3.40.